The maximum Gasteiger partial charge on any atom is 0.234 e. The Kier molecular flexibility index (Phi) is 8.28. The fourth-order valence-corrected chi connectivity index (χ4v) is 1.96. The third-order valence-corrected chi connectivity index (χ3v) is 3.14. The number of rotatable bonds is 10. The van der Waals surface area contributed by atoms with Gasteiger partial charge in [-0.25, -0.2) is 0 Å². The zero-order valence-electron chi connectivity index (χ0n) is 13.2. The van der Waals surface area contributed by atoms with Crippen LogP contribution >= 0.6 is 0 Å². The van der Waals surface area contributed by atoms with Crippen molar-refractivity contribution in [2.24, 2.45) is 0 Å². The summed E-state index contributed by atoms with van der Waals surface area (Å²) in [4.78, 5) is 13.6. The van der Waals surface area contributed by atoms with Crippen LogP contribution in [0.2, 0.25) is 0 Å². The second kappa shape index (κ2) is 10.0. The number of methoxy groups -OCH3 is 1. The Hall–Kier alpha value is -1.75. The molecule has 0 fully saturated rings. The van der Waals surface area contributed by atoms with Crippen molar-refractivity contribution in [1.29, 1.82) is 0 Å². The molecule has 5 heteroatoms. The Labute approximate surface area is 127 Å². The first-order valence-corrected chi connectivity index (χ1v) is 7.45. The predicted molar refractivity (Wildman–Crippen MR) is 83.9 cm³/mol. The summed E-state index contributed by atoms with van der Waals surface area (Å²) >= 11 is 0. The first-order valence-electron chi connectivity index (χ1n) is 7.45. The third-order valence-electron chi connectivity index (χ3n) is 3.14. The van der Waals surface area contributed by atoms with Gasteiger partial charge in [-0.1, -0.05) is 6.92 Å². The Morgan fingerprint density at radius 2 is 1.86 bits per heavy atom. The minimum absolute atomic E-state index is 0.0791. The van der Waals surface area contributed by atoms with Gasteiger partial charge in [0.25, 0.3) is 0 Å². The highest BCUT2D eigenvalue weighted by Gasteiger charge is 2.07. The normalized spacial score (nSPS) is 10.5. The summed E-state index contributed by atoms with van der Waals surface area (Å²) in [7, 11) is 1.64. The Morgan fingerprint density at radius 3 is 2.43 bits per heavy atom. The highest BCUT2D eigenvalue weighted by atomic mass is 16.5. The van der Waals surface area contributed by atoms with Crippen LogP contribution in [0, 0.1) is 0 Å². The second-order valence-electron chi connectivity index (χ2n) is 4.70. The molecular weight excluding hydrogens is 268 g/mol. The SMILES string of the molecule is CCNC(=O)CN(CC)CCCOc1ccc(OC)cc1. The molecule has 0 aliphatic heterocycles. The van der Waals surface area contributed by atoms with Crippen LogP contribution in [-0.2, 0) is 4.79 Å². The quantitative estimate of drug-likeness (QED) is 0.670. The van der Waals surface area contributed by atoms with Gasteiger partial charge in [0.2, 0.25) is 5.91 Å². The molecule has 1 amide bonds. The average molecular weight is 294 g/mol. The molecule has 0 unspecified atom stereocenters. The van der Waals surface area contributed by atoms with Crippen molar-refractivity contribution >= 4 is 5.91 Å². The number of benzene rings is 1. The van der Waals surface area contributed by atoms with E-state index in [1.54, 1.807) is 7.11 Å². The van der Waals surface area contributed by atoms with Crippen molar-refractivity contribution in [3.63, 3.8) is 0 Å². The van der Waals surface area contributed by atoms with Crippen LogP contribution in [0.3, 0.4) is 0 Å². The van der Waals surface area contributed by atoms with Crippen molar-refractivity contribution in [3.05, 3.63) is 24.3 Å². The Balaban J connectivity index is 2.23. The van der Waals surface area contributed by atoms with Crippen LogP contribution in [0.4, 0.5) is 0 Å². The van der Waals surface area contributed by atoms with Gasteiger partial charge in [0.15, 0.2) is 0 Å². The molecule has 0 atom stereocenters. The zero-order chi connectivity index (χ0) is 15.5. The zero-order valence-corrected chi connectivity index (χ0v) is 13.2. The lowest BCUT2D eigenvalue weighted by molar-refractivity contribution is -0.122. The molecule has 5 nitrogen and oxygen atoms in total. The molecule has 118 valence electrons. The van der Waals surface area contributed by atoms with Crippen LogP contribution in [0.15, 0.2) is 24.3 Å². The van der Waals surface area contributed by atoms with E-state index >= 15 is 0 Å². The number of hydrogen-bond donors (Lipinski definition) is 1. The third kappa shape index (κ3) is 6.99. The molecule has 0 radical (unpaired) electrons. The van der Waals surface area contributed by atoms with Crippen molar-refractivity contribution in [3.8, 4) is 11.5 Å². The topological polar surface area (TPSA) is 50.8 Å². The van der Waals surface area contributed by atoms with Gasteiger partial charge in [-0.3, -0.25) is 9.69 Å². The van der Waals surface area contributed by atoms with E-state index in [4.69, 9.17) is 9.47 Å². The van der Waals surface area contributed by atoms with Crippen molar-refractivity contribution in [1.82, 2.24) is 10.2 Å². The molecule has 1 rings (SSSR count). The fourth-order valence-electron chi connectivity index (χ4n) is 1.96. The second-order valence-corrected chi connectivity index (χ2v) is 4.70. The molecule has 0 aliphatic carbocycles. The number of hydrogen-bond acceptors (Lipinski definition) is 4. The summed E-state index contributed by atoms with van der Waals surface area (Å²) in [5, 5.41) is 2.81. The minimum atomic E-state index is 0.0791. The van der Waals surface area contributed by atoms with Gasteiger partial charge in [-0.05, 0) is 44.2 Å². The maximum absolute atomic E-state index is 11.5. The molecule has 0 spiro atoms. The summed E-state index contributed by atoms with van der Waals surface area (Å²) in [5.74, 6) is 1.74. The lowest BCUT2D eigenvalue weighted by Gasteiger charge is -2.19. The van der Waals surface area contributed by atoms with E-state index in [-0.39, 0.29) is 5.91 Å². The molecule has 1 N–H and O–H groups in total. The van der Waals surface area contributed by atoms with Gasteiger partial charge in [0.1, 0.15) is 11.5 Å². The van der Waals surface area contributed by atoms with Crippen LogP contribution < -0.4 is 14.8 Å². The molecule has 21 heavy (non-hydrogen) atoms. The molecule has 0 heterocycles. The monoisotopic (exact) mass is 294 g/mol. The number of likely N-dealkylation sites (N-methyl/N-ethyl adjacent to an activating group) is 2. The Morgan fingerprint density at radius 1 is 1.19 bits per heavy atom. The van der Waals surface area contributed by atoms with E-state index < -0.39 is 0 Å². The predicted octanol–water partition coefficient (Wildman–Crippen LogP) is 1.92. The van der Waals surface area contributed by atoms with Gasteiger partial charge in [-0.2, -0.15) is 0 Å². The van der Waals surface area contributed by atoms with Gasteiger partial charge in [0, 0.05) is 13.1 Å². The Bertz CT molecular complexity index is 406. The van der Waals surface area contributed by atoms with Crippen molar-refractivity contribution in [2.45, 2.75) is 20.3 Å². The van der Waals surface area contributed by atoms with E-state index in [0.717, 1.165) is 31.0 Å². The van der Waals surface area contributed by atoms with Crippen LogP contribution in [0.25, 0.3) is 0 Å². The van der Waals surface area contributed by atoms with Gasteiger partial charge in [-0.15, -0.1) is 0 Å². The maximum atomic E-state index is 11.5. The molecule has 1 aromatic carbocycles. The standard InChI is InChI=1S/C16H26N2O3/c1-4-17-16(19)13-18(5-2)11-6-12-21-15-9-7-14(20-3)8-10-15/h7-10H,4-6,11-13H2,1-3H3,(H,17,19). The van der Waals surface area contributed by atoms with E-state index in [2.05, 4.69) is 17.1 Å². The van der Waals surface area contributed by atoms with Crippen LogP contribution in [-0.4, -0.2) is 50.7 Å². The van der Waals surface area contributed by atoms with Gasteiger partial charge < -0.3 is 14.8 Å². The van der Waals surface area contributed by atoms with E-state index in [9.17, 15) is 4.79 Å². The highest BCUT2D eigenvalue weighted by Crippen LogP contribution is 2.16. The number of carbonyl (C=O) groups is 1. The number of amides is 1. The molecule has 0 saturated carbocycles. The number of nitrogens with zero attached hydrogens (tertiary/aromatic N) is 1. The summed E-state index contributed by atoms with van der Waals surface area (Å²) in [6.45, 7) is 7.46. The summed E-state index contributed by atoms with van der Waals surface area (Å²) in [6.07, 6.45) is 0.888. The smallest absolute Gasteiger partial charge is 0.234 e. The van der Waals surface area contributed by atoms with Crippen molar-refractivity contribution in [2.75, 3.05) is 39.9 Å². The fraction of sp³-hybridized carbons (Fsp3) is 0.562. The van der Waals surface area contributed by atoms with Crippen LogP contribution in [0.5, 0.6) is 11.5 Å². The van der Waals surface area contributed by atoms with Crippen molar-refractivity contribution < 1.29 is 14.3 Å². The lowest BCUT2D eigenvalue weighted by Crippen LogP contribution is -2.37. The highest BCUT2D eigenvalue weighted by molar-refractivity contribution is 5.77. The number of ether oxygens (including phenoxy) is 2. The number of carbonyl (C=O) groups excluding carboxylic acids is 1. The molecule has 0 saturated heterocycles. The number of nitrogens with one attached hydrogen (secondary N) is 1. The minimum Gasteiger partial charge on any atom is -0.497 e. The molecule has 0 aromatic heterocycles. The summed E-state index contributed by atoms with van der Waals surface area (Å²) in [6, 6.07) is 7.54. The van der Waals surface area contributed by atoms with Crippen LogP contribution in [0.1, 0.15) is 20.3 Å². The lowest BCUT2D eigenvalue weighted by atomic mass is 10.3. The molecule has 1 aromatic rings. The molecular formula is C16H26N2O3. The first-order chi connectivity index (χ1) is 10.2. The van der Waals surface area contributed by atoms with E-state index in [0.29, 0.717) is 19.7 Å². The summed E-state index contributed by atoms with van der Waals surface area (Å²) < 4.78 is 10.8. The summed E-state index contributed by atoms with van der Waals surface area (Å²) in [5.41, 5.74) is 0. The molecule has 0 aliphatic rings. The van der Waals surface area contributed by atoms with E-state index in [1.165, 1.54) is 0 Å². The largest absolute Gasteiger partial charge is 0.497 e. The van der Waals surface area contributed by atoms with E-state index in [1.807, 2.05) is 31.2 Å². The van der Waals surface area contributed by atoms with Gasteiger partial charge >= 0.3 is 0 Å². The first kappa shape index (κ1) is 17.3. The average Bonchev–Trinajstić information content (AvgIpc) is 2.51. The van der Waals surface area contributed by atoms with Gasteiger partial charge in [0.05, 0.1) is 20.3 Å². The molecule has 0 bridgehead atoms.